The Morgan fingerprint density at radius 3 is 2.66 bits per heavy atom. The monoisotopic (exact) mass is 439 g/mol. The summed E-state index contributed by atoms with van der Waals surface area (Å²) in [6.07, 6.45) is 3.60. The first-order chi connectivity index (χ1) is 15.5. The second-order valence-electron chi connectivity index (χ2n) is 8.39. The first kappa shape index (κ1) is 22.1. The summed E-state index contributed by atoms with van der Waals surface area (Å²) < 4.78 is 13.0. The Balaban J connectivity index is 1.37. The van der Waals surface area contributed by atoms with Crippen LogP contribution in [0.2, 0.25) is 0 Å². The molecular weight excluding hydrogens is 410 g/mol. The number of nitrogens with one attached hydrogen (secondary N) is 1. The second-order valence-corrected chi connectivity index (χ2v) is 8.39. The van der Waals surface area contributed by atoms with Crippen LogP contribution in [0.25, 0.3) is 0 Å². The maximum absolute atomic E-state index is 12.9. The number of carbonyl (C=O) groups excluding carboxylic acids is 2. The maximum atomic E-state index is 12.9. The van der Waals surface area contributed by atoms with E-state index in [4.69, 9.17) is 9.15 Å². The van der Waals surface area contributed by atoms with Crippen LogP contribution in [0.3, 0.4) is 0 Å². The summed E-state index contributed by atoms with van der Waals surface area (Å²) in [5, 5.41) is 12.7. The predicted octanol–water partition coefficient (Wildman–Crippen LogP) is 2.15. The Bertz CT molecular complexity index is 1010. The Morgan fingerprint density at radius 1 is 1.25 bits per heavy atom. The third kappa shape index (κ3) is 4.56. The topological polar surface area (TPSA) is 104 Å². The Kier molecular flexibility index (Phi) is 6.63. The molecule has 9 nitrogen and oxygen atoms in total. The Morgan fingerprint density at radius 2 is 2.03 bits per heavy atom. The van der Waals surface area contributed by atoms with E-state index in [0.717, 1.165) is 30.7 Å². The highest BCUT2D eigenvalue weighted by Crippen LogP contribution is 2.28. The van der Waals surface area contributed by atoms with Gasteiger partial charge in [-0.1, -0.05) is 0 Å². The summed E-state index contributed by atoms with van der Waals surface area (Å²) in [5.41, 5.74) is 2.35. The quantitative estimate of drug-likeness (QED) is 0.740. The van der Waals surface area contributed by atoms with E-state index >= 15 is 0 Å². The largest absolute Gasteiger partial charge is 0.459 e. The summed E-state index contributed by atoms with van der Waals surface area (Å²) in [4.78, 5) is 29.0. The fourth-order valence-electron chi connectivity index (χ4n) is 4.39. The van der Waals surface area contributed by atoms with Gasteiger partial charge in [0.25, 0.3) is 5.91 Å². The third-order valence-corrected chi connectivity index (χ3v) is 6.37. The van der Waals surface area contributed by atoms with Gasteiger partial charge in [0.2, 0.25) is 5.91 Å². The van der Waals surface area contributed by atoms with Gasteiger partial charge in [0.1, 0.15) is 11.9 Å². The minimum Gasteiger partial charge on any atom is -0.459 e. The van der Waals surface area contributed by atoms with Crippen molar-refractivity contribution >= 4 is 17.6 Å². The lowest BCUT2D eigenvalue weighted by Crippen LogP contribution is -2.50. The van der Waals surface area contributed by atoms with Crippen LogP contribution in [0.4, 0.5) is 5.82 Å². The Labute approximate surface area is 187 Å². The van der Waals surface area contributed by atoms with Crippen LogP contribution in [-0.4, -0.2) is 71.6 Å². The first-order valence-electron chi connectivity index (χ1n) is 11.0. The van der Waals surface area contributed by atoms with Gasteiger partial charge in [-0.3, -0.25) is 14.5 Å². The minimum absolute atomic E-state index is 0.0995. The molecule has 2 aliphatic heterocycles. The van der Waals surface area contributed by atoms with E-state index < -0.39 is 0 Å². The van der Waals surface area contributed by atoms with Crippen LogP contribution in [-0.2, 0) is 16.1 Å². The number of nitriles is 1. The van der Waals surface area contributed by atoms with Crippen LogP contribution >= 0.6 is 0 Å². The van der Waals surface area contributed by atoms with Gasteiger partial charge in [-0.15, -0.1) is 0 Å². The predicted molar refractivity (Wildman–Crippen MR) is 117 cm³/mol. The van der Waals surface area contributed by atoms with E-state index in [1.165, 1.54) is 6.26 Å². The van der Waals surface area contributed by atoms with E-state index in [2.05, 4.69) is 11.4 Å². The standard InChI is InChI=1S/C23H29N5O4/c1-16-17(2)28(14-18-5-3-11-31-18)22(19(16)13-24)25-21(29)15-26-7-9-27(10-8-26)23(30)20-6-4-12-32-20/h4,6,12,18H,3,5,7-11,14-15H2,1-2H3,(H,25,29)/t18-/m0/s1. The van der Waals surface area contributed by atoms with E-state index in [-0.39, 0.29) is 24.5 Å². The number of hydrogen-bond acceptors (Lipinski definition) is 6. The zero-order valence-corrected chi connectivity index (χ0v) is 18.6. The van der Waals surface area contributed by atoms with Crippen molar-refractivity contribution in [3.63, 3.8) is 0 Å². The van der Waals surface area contributed by atoms with E-state index in [0.29, 0.717) is 49.9 Å². The van der Waals surface area contributed by atoms with Gasteiger partial charge in [0, 0.05) is 38.5 Å². The highest BCUT2D eigenvalue weighted by molar-refractivity contribution is 5.93. The molecule has 2 saturated heterocycles. The number of carbonyl (C=O) groups is 2. The van der Waals surface area contributed by atoms with E-state index in [1.807, 2.05) is 23.3 Å². The fraction of sp³-hybridized carbons (Fsp3) is 0.522. The van der Waals surface area contributed by atoms with Gasteiger partial charge in [0.15, 0.2) is 5.76 Å². The third-order valence-electron chi connectivity index (χ3n) is 6.37. The number of nitrogens with zero attached hydrogens (tertiary/aromatic N) is 4. The molecule has 32 heavy (non-hydrogen) atoms. The maximum Gasteiger partial charge on any atom is 0.289 e. The first-order valence-corrected chi connectivity index (χ1v) is 11.0. The van der Waals surface area contributed by atoms with Gasteiger partial charge in [-0.05, 0) is 44.4 Å². The zero-order valence-electron chi connectivity index (χ0n) is 18.6. The molecule has 2 fully saturated rings. The highest BCUT2D eigenvalue weighted by Gasteiger charge is 2.27. The molecule has 2 aliphatic rings. The summed E-state index contributed by atoms with van der Waals surface area (Å²) in [5.74, 6) is 0.585. The molecule has 4 heterocycles. The van der Waals surface area contributed by atoms with Gasteiger partial charge in [-0.2, -0.15) is 5.26 Å². The molecule has 0 aromatic carbocycles. The second kappa shape index (κ2) is 9.59. The number of amides is 2. The smallest absolute Gasteiger partial charge is 0.289 e. The van der Waals surface area contributed by atoms with Crippen molar-refractivity contribution in [2.75, 3.05) is 44.6 Å². The zero-order chi connectivity index (χ0) is 22.7. The molecule has 4 rings (SSSR count). The van der Waals surface area contributed by atoms with Gasteiger partial charge in [-0.25, -0.2) is 0 Å². The SMILES string of the molecule is Cc1c(C#N)c(NC(=O)CN2CCN(C(=O)c3ccco3)CC2)n(C[C@@H]2CCCO2)c1C. The van der Waals surface area contributed by atoms with Gasteiger partial charge < -0.3 is 23.9 Å². The van der Waals surface area contributed by atoms with Crippen molar-refractivity contribution in [2.24, 2.45) is 0 Å². The van der Waals surface area contributed by atoms with E-state index in [9.17, 15) is 14.9 Å². The number of ether oxygens (including phenoxy) is 1. The molecule has 2 aromatic rings. The number of furan rings is 1. The van der Waals surface area contributed by atoms with E-state index in [1.54, 1.807) is 17.0 Å². The lowest BCUT2D eigenvalue weighted by Gasteiger charge is -2.33. The van der Waals surface area contributed by atoms with Crippen molar-refractivity contribution < 1.29 is 18.7 Å². The molecule has 0 spiro atoms. The molecule has 0 saturated carbocycles. The number of hydrogen-bond donors (Lipinski definition) is 1. The van der Waals surface area contributed by atoms with Crippen molar-refractivity contribution in [3.8, 4) is 6.07 Å². The van der Waals surface area contributed by atoms with Crippen molar-refractivity contribution in [2.45, 2.75) is 39.3 Å². The summed E-state index contributed by atoms with van der Waals surface area (Å²) in [7, 11) is 0. The molecule has 1 atom stereocenters. The average Bonchev–Trinajstić information content (AvgIpc) is 3.54. The molecular formula is C23H29N5O4. The van der Waals surface area contributed by atoms with Crippen LogP contribution in [0, 0.1) is 25.2 Å². The number of aromatic nitrogens is 1. The lowest BCUT2D eigenvalue weighted by molar-refractivity contribution is -0.117. The molecule has 9 heteroatoms. The van der Waals surface area contributed by atoms with Crippen LogP contribution in [0.5, 0.6) is 0 Å². The molecule has 2 amide bonds. The molecule has 1 N–H and O–H groups in total. The molecule has 0 bridgehead atoms. The molecule has 170 valence electrons. The van der Waals surface area contributed by atoms with Gasteiger partial charge in [0.05, 0.1) is 31.0 Å². The van der Waals surface area contributed by atoms with Crippen molar-refractivity contribution in [3.05, 3.63) is 41.0 Å². The lowest BCUT2D eigenvalue weighted by atomic mass is 10.2. The average molecular weight is 440 g/mol. The van der Waals surface area contributed by atoms with Crippen LogP contribution < -0.4 is 5.32 Å². The summed E-state index contributed by atoms with van der Waals surface area (Å²) in [6, 6.07) is 5.60. The fourth-order valence-corrected chi connectivity index (χ4v) is 4.39. The number of piperazine rings is 1. The minimum atomic E-state index is -0.168. The summed E-state index contributed by atoms with van der Waals surface area (Å²) >= 11 is 0. The number of rotatable bonds is 6. The van der Waals surface area contributed by atoms with Crippen LogP contribution in [0.15, 0.2) is 22.8 Å². The molecule has 0 unspecified atom stereocenters. The van der Waals surface area contributed by atoms with Crippen molar-refractivity contribution in [1.29, 1.82) is 5.26 Å². The highest BCUT2D eigenvalue weighted by atomic mass is 16.5. The van der Waals surface area contributed by atoms with Crippen molar-refractivity contribution in [1.82, 2.24) is 14.4 Å². The molecule has 0 aliphatic carbocycles. The summed E-state index contributed by atoms with van der Waals surface area (Å²) in [6.45, 7) is 7.72. The van der Waals surface area contributed by atoms with Crippen LogP contribution in [0.1, 0.15) is 40.2 Å². The number of anilines is 1. The molecule has 2 aromatic heterocycles. The normalized spacial score (nSPS) is 19.2. The van der Waals surface area contributed by atoms with Gasteiger partial charge >= 0.3 is 0 Å². The Hall–Kier alpha value is -3.09. The molecule has 0 radical (unpaired) electrons.